The maximum absolute atomic E-state index is 12.8. The van der Waals surface area contributed by atoms with Gasteiger partial charge in [-0.2, -0.15) is 0 Å². The first-order chi connectivity index (χ1) is 12.8. The summed E-state index contributed by atoms with van der Waals surface area (Å²) < 4.78 is 3.38. The molecule has 28 heavy (non-hydrogen) atoms. The van der Waals surface area contributed by atoms with E-state index in [9.17, 15) is 14.7 Å². The van der Waals surface area contributed by atoms with Crippen molar-refractivity contribution in [3.05, 3.63) is 28.3 Å². The Balaban J connectivity index is 2.09. The molecule has 3 rings (SSSR count). The highest BCUT2D eigenvalue weighted by Crippen LogP contribution is 2.42. The van der Waals surface area contributed by atoms with Gasteiger partial charge in [0.1, 0.15) is 0 Å². The van der Waals surface area contributed by atoms with Crippen LogP contribution in [-0.4, -0.2) is 42.8 Å². The number of hydrogen-bond acceptors (Lipinski definition) is 3. The first-order valence-corrected chi connectivity index (χ1v) is 9.87. The zero-order valence-corrected chi connectivity index (χ0v) is 18.0. The van der Waals surface area contributed by atoms with Gasteiger partial charge in [-0.3, -0.25) is 9.13 Å². The van der Waals surface area contributed by atoms with Crippen LogP contribution in [0.25, 0.3) is 11.2 Å². The van der Waals surface area contributed by atoms with Gasteiger partial charge in [0.2, 0.25) is 0 Å². The van der Waals surface area contributed by atoms with Crippen LogP contribution in [0.1, 0.15) is 59.6 Å². The molecule has 2 atom stereocenters. The molecule has 3 heterocycles. The van der Waals surface area contributed by atoms with Crippen LogP contribution in [0.5, 0.6) is 0 Å². The van der Waals surface area contributed by atoms with Gasteiger partial charge in [0.05, 0.1) is 5.52 Å². The third kappa shape index (κ3) is 3.54. The Morgan fingerprint density at radius 3 is 2.39 bits per heavy atom. The molecular weight excluding hydrogens is 356 g/mol. The van der Waals surface area contributed by atoms with Gasteiger partial charge < -0.3 is 10.0 Å². The fourth-order valence-corrected chi connectivity index (χ4v) is 4.51. The topological polar surface area (TPSA) is 80.4 Å². The van der Waals surface area contributed by atoms with Crippen LogP contribution in [0.15, 0.2) is 16.9 Å². The summed E-state index contributed by atoms with van der Waals surface area (Å²) in [4.78, 5) is 30.9. The molecule has 2 aromatic heterocycles. The molecule has 0 aliphatic carbocycles. The minimum atomic E-state index is -0.882. The zero-order valence-electron chi connectivity index (χ0n) is 18.0. The van der Waals surface area contributed by atoms with E-state index in [0.29, 0.717) is 18.7 Å². The molecule has 0 bridgehead atoms. The highest BCUT2D eigenvalue weighted by Gasteiger charge is 2.45. The lowest BCUT2D eigenvalue weighted by Crippen LogP contribution is -2.44. The van der Waals surface area contributed by atoms with Crippen molar-refractivity contribution >= 4 is 17.3 Å². The highest BCUT2D eigenvalue weighted by molar-refractivity contribution is 5.72. The number of rotatable bonds is 2. The molecule has 0 saturated carbocycles. The molecule has 154 valence electrons. The quantitative estimate of drug-likeness (QED) is 0.851. The number of likely N-dealkylation sites (tertiary alicyclic amines) is 1. The van der Waals surface area contributed by atoms with Crippen molar-refractivity contribution in [1.82, 2.24) is 19.0 Å². The van der Waals surface area contributed by atoms with Gasteiger partial charge in [0, 0.05) is 37.8 Å². The molecule has 7 heteroatoms. The van der Waals surface area contributed by atoms with Crippen molar-refractivity contribution < 1.29 is 9.90 Å². The molecule has 2 unspecified atom stereocenters. The maximum Gasteiger partial charge on any atom is 0.407 e. The largest absolute Gasteiger partial charge is 0.465 e. The molecule has 1 amide bonds. The van der Waals surface area contributed by atoms with Gasteiger partial charge in [-0.05, 0) is 29.4 Å². The second kappa shape index (κ2) is 6.64. The predicted molar refractivity (Wildman–Crippen MR) is 110 cm³/mol. The van der Waals surface area contributed by atoms with Crippen molar-refractivity contribution in [2.45, 2.75) is 66.5 Å². The van der Waals surface area contributed by atoms with E-state index in [-0.39, 0.29) is 28.5 Å². The summed E-state index contributed by atoms with van der Waals surface area (Å²) >= 11 is 0. The maximum atomic E-state index is 12.8. The third-order valence-electron chi connectivity index (χ3n) is 5.55. The number of fused-ring (bicyclic) bond motifs is 1. The Morgan fingerprint density at radius 1 is 1.21 bits per heavy atom. The zero-order chi connectivity index (χ0) is 21.0. The lowest BCUT2D eigenvalue weighted by Gasteiger charge is -2.36. The number of hydrogen-bond donors (Lipinski definition) is 1. The van der Waals surface area contributed by atoms with E-state index in [2.05, 4.69) is 41.5 Å². The predicted octanol–water partition coefficient (Wildman–Crippen LogP) is 3.66. The standard InChI is InChI=1S/C21H32N4O3/c1-20(2,3)12-25-15-9-8-14(22-17(15)23(7)18(25)26)13-10-11-24(19(27)28)16(13)21(4,5)6/h8-9,13,16H,10-12H2,1-7H3,(H,27,28). The summed E-state index contributed by atoms with van der Waals surface area (Å²) in [5, 5.41) is 9.63. The SMILES string of the molecule is Cn1c(=O)n(CC(C)(C)C)c2ccc(C3CCN(C(=O)O)C3C(C)(C)C)nc21. The Morgan fingerprint density at radius 2 is 1.86 bits per heavy atom. The van der Waals surface area contributed by atoms with Crippen molar-refractivity contribution in [1.29, 1.82) is 0 Å². The average molecular weight is 389 g/mol. The Hall–Kier alpha value is -2.31. The highest BCUT2D eigenvalue weighted by atomic mass is 16.4. The summed E-state index contributed by atoms with van der Waals surface area (Å²) in [6, 6.07) is 3.78. The van der Waals surface area contributed by atoms with E-state index in [0.717, 1.165) is 17.6 Å². The van der Waals surface area contributed by atoms with E-state index < -0.39 is 6.09 Å². The van der Waals surface area contributed by atoms with E-state index >= 15 is 0 Å². The molecule has 1 saturated heterocycles. The van der Waals surface area contributed by atoms with Crippen molar-refractivity contribution in [2.24, 2.45) is 17.9 Å². The van der Waals surface area contributed by atoms with Crippen molar-refractivity contribution in [2.75, 3.05) is 6.54 Å². The molecule has 1 aliphatic heterocycles. The van der Waals surface area contributed by atoms with Gasteiger partial charge in [0.25, 0.3) is 0 Å². The monoisotopic (exact) mass is 388 g/mol. The summed E-state index contributed by atoms with van der Waals surface area (Å²) in [6.45, 7) is 13.6. The van der Waals surface area contributed by atoms with Gasteiger partial charge in [-0.15, -0.1) is 0 Å². The van der Waals surface area contributed by atoms with Crippen LogP contribution in [-0.2, 0) is 13.6 Å². The first kappa shape index (κ1) is 20.4. The number of aromatic nitrogens is 3. The van der Waals surface area contributed by atoms with Crippen molar-refractivity contribution in [3.63, 3.8) is 0 Å². The fourth-order valence-electron chi connectivity index (χ4n) is 4.51. The number of carbonyl (C=O) groups is 1. The van der Waals surface area contributed by atoms with Crippen LogP contribution in [0.2, 0.25) is 0 Å². The van der Waals surface area contributed by atoms with Gasteiger partial charge in [-0.25, -0.2) is 14.6 Å². The smallest absolute Gasteiger partial charge is 0.407 e. The molecule has 0 aromatic carbocycles. The Bertz CT molecular complexity index is 959. The fraction of sp³-hybridized carbons (Fsp3) is 0.667. The third-order valence-corrected chi connectivity index (χ3v) is 5.55. The molecule has 2 aromatic rings. The van der Waals surface area contributed by atoms with Gasteiger partial charge in [-0.1, -0.05) is 41.5 Å². The van der Waals surface area contributed by atoms with Crippen LogP contribution in [0, 0.1) is 10.8 Å². The normalized spacial score (nSPS) is 20.9. The second-order valence-electron chi connectivity index (χ2n) is 10.2. The second-order valence-corrected chi connectivity index (χ2v) is 10.2. The first-order valence-electron chi connectivity index (χ1n) is 9.87. The number of amides is 1. The minimum Gasteiger partial charge on any atom is -0.465 e. The number of nitrogens with zero attached hydrogens (tertiary/aromatic N) is 4. The molecule has 1 fully saturated rings. The Kier molecular flexibility index (Phi) is 4.84. The van der Waals surface area contributed by atoms with Crippen LogP contribution >= 0.6 is 0 Å². The molecule has 0 spiro atoms. The van der Waals surface area contributed by atoms with E-state index in [1.807, 2.05) is 12.1 Å². The Labute approximate surface area is 166 Å². The summed E-state index contributed by atoms with van der Waals surface area (Å²) in [6.07, 6.45) is -0.143. The number of carboxylic acid groups (broad SMARTS) is 1. The molecule has 1 aliphatic rings. The molecular formula is C21H32N4O3. The van der Waals surface area contributed by atoms with Crippen LogP contribution < -0.4 is 5.69 Å². The molecule has 7 nitrogen and oxygen atoms in total. The summed E-state index contributed by atoms with van der Waals surface area (Å²) in [5.41, 5.74) is 2.04. The number of imidazole rings is 1. The summed E-state index contributed by atoms with van der Waals surface area (Å²) in [5.74, 6) is 0.0153. The lowest BCUT2D eigenvalue weighted by molar-refractivity contribution is 0.101. The molecule has 0 radical (unpaired) electrons. The van der Waals surface area contributed by atoms with Crippen LogP contribution in [0.4, 0.5) is 4.79 Å². The van der Waals surface area contributed by atoms with E-state index in [1.54, 1.807) is 21.1 Å². The average Bonchev–Trinajstić information content (AvgIpc) is 3.10. The van der Waals surface area contributed by atoms with Crippen LogP contribution in [0.3, 0.4) is 0 Å². The number of pyridine rings is 1. The summed E-state index contributed by atoms with van der Waals surface area (Å²) in [7, 11) is 1.75. The van der Waals surface area contributed by atoms with Crippen molar-refractivity contribution in [3.8, 4) is 0 Å². The van der Waals surface area contributed by atoms with Gasteiger partial charge in [0.15, 0.2) is 5.65 Å². The van der Waals surface area contributed by atoms with E-state index in [4.69, 9.17) is 4.98 Å². The van der Waals surface area contributed by atoms with E-state index in [1.165, 1.54) is 0 Å². The minimum absolute atomic E-state index is 0.0153. The molecule has 1 N–H and O–H groups in total. The van der Waals surface area contributed by atoms with Gasteiger partial charge >= 0.3 is 11.8 Å². The number of aryl methyl sites for hydroxylation is 1. The lowest BCUT2D eigenvalue weighted by atomic mass is 9.78.